The van der Waals surface area contributed by atoms with Crippen LogP contribution in [0.1, 0.15) is 17.2 Å². The molecule has 1 atom stereocenters. The topological polar surface area (TPSA) is 63.9 Å². The van der Waals surface area contributed by atoms with Crippen molar-refractivity contribution < 1.29 is 9.13 Å². The van der Waals surface area contributed by atoms with Crippen LogP contribution in [-0.4, -0.2) is 23.9 Å². The zero-order chi connectivity index (χ0) is 16.2. The van der Waals surface area contributed by atoms with Gasteiger partial charge in [-0.2, -0.15) is 5.10 Å². The van der Waals surface area contributed by atoms with Gasteiger partial charge in [0.1, 0.15) is 11.6 Å². The van der Waals surface area contributed by atoms with Crippen LogP contribution in [0.4, 0.5) is 4.39 Å². The first-order valence-electron chi connectivity index (χ1n) is 7.36. The van der Waals surface area contributed by atoms with E-state index in [-0.39, 0.29) is 11.7 Å². The molecule has 5 heteroatoms. The summed E-state index contributed by atoms with van der Waals surface area (Å²) in [4.78, 5) is 0. The number of hydrogen-bond acceptors (Lipinski definition) is 3. The van der Waals surface area contributed by atoms with Crippen LogP contribution in [-0.2, 0) is 0 Å². The van der Waals surface area contributed by atoms with Gasteiger partial charge in [-0.25, -0.2) is 4.39 Å². The third kappa shape index (κ3) is 3.24. The fourth-order valence-electron chi connectivity index (χ4n) is 2.58. The smallest absolute Gasteiger partial charge is 0.123 e. The monoisotopic (exact) mass is 311 g/mol. The van der Waals surface area contributed by atoms with Crippen molar-refractivity contribution in [3.05, 3.63) is 71.7 Å². The normalized spacial score (nSPS) is 12.1. The molecule has 0 radical (unpaired) electrons. The van der Waals surface area contributed by atoms with E-state index < -0.39 is 0 Å². The molecule has 0 spiro atoms. The molecule has 1 heterocycles. The number of aromatic nitrogens is 2. The molecule has 3 rings (SSSR count). The number of hydrogen-bond donors (Lipinski definition) is 2. The molecule has 23 heavy (non-hydrogen) atoms. The molecule has 1 unspecified atom stereocenters. The molecule has 0 aliphatic carbocycles. The second kappa shape index (κ2) is 6.62. The highest BCUT2D eigenvalue weighted by Gasteiger charge is 2.16. The Bertz CT molecular complexity index is 783. The van der Waals surface area contributed by atoms with Crippen LogP contribution in [0, 0.1) is 5.82 Å². The van der Waals surface area contributed by atoms with Gasteiger partial charge in [-0.15, -0.1) is 0 Å². The quantitative estimate of drug-likeness (QED) is 0.760. The highest BCUT2D eigenvalue weighted by Crippen LogP contribution is 2.28. The maximum atomic E-state index is 13.0. The number of halogens is 1. The lowest BCUT2D eigenvalue weighted by molar-refractivity contribution is 0.414. The fraction of sp³-hybridized carbons (Fsp3) is 0.167. The Morgan fingerprint density at radius 1 is 1.17 bits per heavy atom. The minimum absolute atomic E-state index is 0.00759. The first-order chi connectivity index (χ1) is 11.2. The molecule has 0 saturated heterocycles. The van der Waals surface area contributed by atoms with Crippen LogP contribution in [0.2, 0.25) is 0 Å². The molecule has 4 nitrogen and oxygen atoms in total. The van der Waals surface area contributed by atoms with Gasteiger partial charge in [0.2, 0.25) is 0 Å². The predicted molar refractivity (Wildman–Crippen MR) is 87.9 cm³/mol. The van der Waals surface area contributed by atoms with Gasteiger partial charge < -0.3 is 10.5 Å². The minimum Gasteiger partial charge on any atom is -0.497 e. The molecular formula is C18H18FN3O. The van der Waals surface area contributed by atoms with Crippen LogP contribution in [0.3, 0.4) is 0 Å². The van der Waals surface area contributed by atoms with Crippen molar-refractivity contribution in [2.24, 2.45) is 5.73 Å². The number of rotatable bonds is 5. The highest BCUT2D eigenvalue weighted by molar-refractivity contribution is 5.59. The number of methoxy groups -OCH3 is 1. The number of nitrogens with two attached hydrogens (primary N) is 1. The standard InChI is InChI=1S/C18H18FN3O/c1-23-15-4-2-3-13(9-15)16(11-20)18-10-17(21-22-18)12-5-7-14(19)8-6-12/h2-10,16H,11,20H2,1H3,(H,21,22). The summed E-state index contributed by atoms with van der Waals surface area (Å²) < 4.78 is 18.3. The predicted octanol–water partition coefficient (Wildman–Crippen LogP) is 3.32. The van der Waals surface area contributed by atoms with E-state index >= 15 is 0 Å². The lowest BCUT2D eigenvalue weighted by Gasteiger charge is -2.14. The van der Waals surface area contributed by atoms with Crippen LogP contribution in [0.25, 0.3) is 11.3 Å². The van der Waals surface area contributed by atoms with E-state index in [2.05, 4.69) is 10.2 Å². The van der Waals surface area contributed by atoms with Crippen LogP contribution in [0.5, 0.6) is 5.75 Å². The summed E-state index contributed by atoms with van der Waals surface area (Å²) in [6.45, 7) is 0.443. The van der Waals surface area contributed by atoms with Gasteiger partial charge in [-0.1, -0.05) is 12.1 Å². The minimum atomic E-state index is -0.263. The molecule has 3 aromatic rings. The third-order valence-corrected chi connectivity index (χ3v) is 3.84. The van der Waals surface area contributed by atoms with E-state index in [1.165, 1.54) is 12.1 Å². The van der Waals surface area contributed by atoms with Gasteiger partial charge in [0.25, 0.3) is 0 Å². The van der Waals surface area contributed by atoms with E-state index in [9.17, 15) is 4.39 Å². The molecule has 0 amide bonds. The van der Waals surface area contributed by atoms with Gasteiger partial charge in [0.05, 0.1) is 12.8 Å². The summed E-state index contributed by atoms with van der Waals surface area (Å²) >= 11 is 0. The maximum absolute atomic E-state index is 13.0. The molecule has 0 saturated carbocycles. The SMILES string of the molecule is COc1cccc(C(CN)c2cc(-c3ccc(F)cc3)n[nH]2)c1. The Kier molecular flexibility index (Phi) is 4.39. The van der Waals surface area contributed by atoms with Crippen molar-refractivity contribution >= 4 is 0 Å². The zero-order valence-electron chi connectivity index (χ0n) is 12.8. The fourth-order valence-corrected chi connectivity index (χ4v) is 2.58. The Balaban J connectivity index is 1.91. The van der Waals surface area contributed by atoms with Crippen molar-refractivity contribution in [1.82, 2.24) is 10.2 Å². The number of H-pyrrole nitrogens is 1. The van der Waals surface area contributed by atoms with Gasteiger partial charge in [0, 0.05) is 23.7 Å². The molecule has 118 valence electrons. The Labute approximate surface area is 134 Å². The highest BCUT2D eigenvalue weighted by atomic mass is 19.1. The van der Waals surface area contributed by atoms with Crippen LogP contribution >= 0.6 is 0 Å². The average molecular weight is 311 g/mol. The molecule has 2 aromatic carbocycles. The second-order valence-electron chi connectivity index (χ2n) is 5.28. The molecule has 3 N–H and O–H groups in total. The van der Waals surface area contributed by atoms with Crippen molar-refractivity contribution in [2.75, 3.05) is 13.7 Å². The summed E-state index contributed by atoms with van der Waals surface area (Å²) in [7, 11) is 1.64. The number of nitrogens with one attached hydrogen (secondary N) is 1. The lowest BCUT2D eigenvalue weighted by Crippen LogP contribution is -2.14. The molecule has 0 fully saturated rings. The molecule has 0 bridgehead atoms. The summed E-state index contributed by atoms with van der Waals surface area (Å²) in [6.07, 6.45) is 0. The molecule has 0 aliphatic rings. The Morgan fingerprint density at radius 2 is 1.96 bits per heavy atom. The number of aromatic amines is 1. The van der Waals surface area contributed by atoms with E-state index in [0.29, 0.717) is 6.54 Å². The Hall–Kier alpha value is -2.66. The number of benzene rings is 2. The van der Waals surface area contributed by atoms with Crippen LogP contribution in [0.15, 0.2) is 54.6 Å². The van der Waals surface area contributed by atoms with Gasteiger partial charge in [-0.05, 0) is 48.0 Å². The summed E-state index contributed by atoms with van der Waals surface area (Å²) in [6, 6.07) is 16.0. The van der Waals surface area contributed by atoms with Gasteiger partial charge >= 0.3 is 0 Å². The first-order valence-corrected chi connectivity index (χ1v) is 7.36. The molecule has 1 aromatic heterocycles. The van der Waals surface area contributed by atoms with E-state index in [4.69, 9.17) is 10.5 Å². The number of ether oxygens (including phenoxy) is 1. The van der Waals surface area contributed by atoms with Crippen molar-refractivity contribution in [3.63, 3.8) is 0 Å². The van der Waals surface area contributed by atoms with E-state index in [0.717, 1.165) is 28.3 Å². The summed E-state index contributed by atoms with van der Waals surface area (Å²) in [5.74, 6) is 0.520. The van der Waals surface area contributed by atoms with E-state index in [1.54, 1.807) is 19.2 Å². The summed E-state index contributed by atoms with van der Waals surface area (Å²) in [5, 5.41) is 7.36. The third-order valence-electron chi connectivity index (χ3n) is 3.84. The van der Waals surface area contributed by atoms with Gasteiger partial charge in [-0.3, -0.25) is 5.10 Å². The van der Waals surface area contributed by atoms with Crippen molar-refractivity contribution in [3.8, 4) is 17.0 Å². The molecule has 0 aliphatic heterocycles. The lowest BCUT2D eigenvalue weighted by atomic mass is 9.95. The number of nitrogens with zero attached hydrogens (tertiary/aromatic N) is 1. The van der Waals surface area contributed by atoms with Crippen molar-refractivity contribution in [2.45, 2.75) is 5.92 Å². The van der Waals surface area contributed by atoms with E-state index in [1.807, 2.05) is 30.3 Å². The van der Waals surface area contributed by atoms with Crippen molar-refractivity contribution in [1.29, 1.82) is 0 Å². The average Bonchev–Trinajstić information content (AvgIpc) is 3.06. The summed E-state index contributed by atoms with van der Waals surface area (Å²) in [5.41, 5.74) is 9.55. The first kappa shape index (κ1) is 15.2. The second-order valence-corrected chi connectivity index (χ2v) is 5.28. The zero-order valence-corrected chi connectivity index (χ0v) is 12.8. The van der Waals surface area contributed by atoms with Crippen LogP contribution < -0.4 is 10.5 Å². The molecular weight excluding hydrogens is 293 g/mol. The Morgan fingerprint density at radius 3 is 2.65 bits per heavy atom. The largest absolute Gasteiger partial charge is 0.497 e. The van der Waals surface area contributed by atoms with Gasteiger partial charge in [0.15, 0.2) is 0 Å². The maximum Gasteiger partial charge on any atom is 0.123 e.